The van der Waals surface area contributed by atoms with E-state index in [-0.39, 0.29) is 5.78 Å². The first-order valence-electron chi connectivity index (χ1n) is 10.0. The molecular weight excluding hydrogens is 628 g/mol. The summed E-state index contributed by atoms with van der Waals surface area (Å²) in [7, 11) is 0. The van der Waals surface area contributed by atoms with E-state index in [1.807, 2.05) is 24.3 Å². The predicted octanol–water partition coefficient (Wildman–Crippen LogP) is 6.86. The fourth-order valence-electron chi connectivity index (χ4n) is 3.26. The fourth-order valence-corrected chi connectivity index (χ4v) is 5.51. The summed E-state index contributed by atoms with van der Waals surface area (Å²) in [5, 5.41) is 4.61. The van der Waals surface area contributed by atoms with Gasteiger partial charge in [-0.15, -0.1) is 0 Å². The Bertz CT molecular complexity index is 1030. The van der Waals surface area contributed by atoms with Crippen molar-refractivity contribution >= 4 is 73.5 Å². The Kier molecular flexibility index (Phi) is 8.85. The number of rotatable bonds is 10. The third kappa shape index (κ3) is 5.49. The molecule has 3 aromatic rings. The number of benzene rings is 2. The Hall–Kier alpha value is -0.840. The lowest BCUT2D eigenvalue weighted by Crippen LogP contribution is -2.20. The van der Waals surface area contributed by atoms with Crippen molar-refractivity contribution < 1.29 is 13.9 Å². The molecule has 0 radical (unpaired) electrons. The van der Waals surface area contributed by atoms with Gasteiger partial charge in [0.2, 0.25) is 0 Å². The number of halogens is 3. The molecule has 0 saturated carbocycles. The minimum atomic E-state index is -0.0443. The van der Waals surface area contributed by atoms with Crippen LogP contribution in [-0.2, 0) is 6.42 Å². The molecule has 1 N–H and O–H groups in total. The van der Waals surface area contributed by atoms with Crippen LogP contribution in [0, 0.1) is 7.14 Å². The van der Waals surface area contributed by atoms with Crippen LogP contribution in [0.5, 0.6) is 5.75 Å². The summed E-state index contributed by atoms with van der Waals surface area (Å²) in [6, 6.07) is 9.22. The first-order chi connectivity index (χ1) is 14.5. The van der Waals surface area contributed by atoms with Crippen molar-refractivity contribution in [2.45, 2.75) is 33.1 Å². The molecule has 0 atom stereocenters. The van der Waals surface area contributed by atoms with Crippen molar-refractivity contribution in [2.24, 2.45) is 0 Å². The van der Waals surface area contributed by atoms with Crippen LogP contribution in [0.25, 0.3) is 11.0 Å². The van der Waals surface area contributed by atoms with E-state index in [1.165, 1.54) is 0 Å². The average Bonchev–Trinajstić information content (AvgIpc) is 3.07. The topological polar surface area (TPSA) is 51.5 Å². The van der Waals surface area contributed by atoms with Gasteiger partial charge in [0.15, 0.2) is 5.78 Å². The number of unbranched alkanes of at least 4 members (excludes halogenated alkanes) is 1. The Labute approximate surface area is 209 Å². The summed E-state index contributed by atoms with van der Waals surface area (Å²) in [6.45, 7) is 6.47. The van der Waals surface area contributed by atoms with Crippen molar-refractivity contribution in [1.29, 1.82) is 0 Å². The zero-order valence-corrected chi connectivity index (χ0v) is 22.1. The molecule has 0 bridgehead atoms. The van der Waals surface area contributed by atoms with Crippen molar-refractivity contribution in [3.8, 4) is 5.75 Å². The smallest absolute Gasteiger partial charge is 0.197 e. The fraction of sp³-hybridized carbons (Fsp3) is 0.348. The minimum Gasteiger partial charge on any atom is -0.490 e. The molecule has 3 rings (SSSR count). The van der Waals surface area contributed by atoms with Crippen molar-refractivity contribution in [3.63, 3.8) is 0 Å². The third-order valence-electron chi connectivity index (χ3n) is 4.74. The van der Waals surface area contributed by atoms with E-state index in [4.69, 9.17) is 20.8 Å². The highest BCUT2D eigenvalue weighted by molar-refractivity contribution is 14.1. The molecule has 0 saturated heterocycles. The van der Waals surface area contributed by atoms with Gasteiger partial charge in [0.25, 0.3) is 0 Å². The molecule has 0 spiro atoms. The Balaban J connectivity index is 1.98. The summed E-state index contributed by atoms with van der Waals surface area (Å²) in [5.41, 5.74) is 1.94. The maximum Gasteiger partial charge on any atom is 0.197 e. The van der Waals surface area contributed by atoms with Gasteiger partial charge in [-0.3, -0.25) is 4.79 Å². The predicted molar refractivity (Wildman–Crippen MR) is 139 cm³/mol. The van der Waals surface area contributed by atoms with Gasteiger partial charge in [-0.05, 0) is 88.5 Å². The molecule has 0 fully saturated rings. The minimum absolute atomic E-state index is 0.0443. The lowest BCUT2D eigenvalue weighted by molar-refractivity contribution is 0.103. The second-order valence-corrected chi connectivity index (χ2v) is 9.71. The van der Waals surface area contributed by atoms with E-state index in [0.29, 0.717) is 28.3 Å². The lowest BCUT2D eigenvalue weighted by atomic mass is 9.98. The molecule has 1 heterocycles. The molecular formula is C23H24ClI2NO3. The van der Waals surface area contributed by atoms with Gasteiger partial charge >= 0.3 is 0 Å². The summed E-state index contributed by atoms with van der Waals surface area (Å²) < 4.78 is 13.8. The first-order valence-corrected chi connectivity index (χ1v) is 12.6. The van der Waals surface area contributed by atoms with Crippen molar-refractivity contribution in [1.82, 2.24) is 5.32 Å². The van der Waals surface area contributed by atoms with Gasteiger partial charge in [0.1, 0.15) is 23.7 Å². The van der Waals surface area contributed by atoms with Gasteiger partial charge in [0.05, 0.1) is 12.7 Å². The second-order valence-electron chi connectivity index (χ2n) is 6.94. The molecule has 30 heavy (non-hydrogen) atoms. The largest absolute Gasteiger partial charge is 0.490 e. The molecule has 160 valence electrons. The van der Waals surface area contributed by atoms with E-state index in [9.17, 15) is 4.79 Å². The number of hydrogen-bond donors (Lipinski definition) is 1. The Morgan fingerprint density at radius 2 is 1.90 bits per heavy atom. The molecule has 7 heteroatoms. The molecule has 0 aliphatic carbocycles. The number of ether oxygens (including phenoxy) is 1. The van der Waals surface area contributed by atoms with E-state index in [1.54, 1.807) is 6.07 Å². The first kappa shape index (κ1) is 23.8. The van der Waals surface area contributed by atoms with Crippen LogP contribution in [0.15, 0.2) is 34.7 Å². The zero-order valence-electron chi connectivity index (χ0n) is 17.0. The quantitative estimate of drug-likeness (QED) is 0.148. The van der Waals surface area contributed by atoms with E-state index in [0.717, 1.165) is 56.4 Å². The number of furan rings is 1. The SMILES string of the molecule is CCCCc1oc2ccc(Cl)cc2c1C(=O)c1cc(I)c(OCCNCC)c(I)c1. The third-order valence-corrected chi connectivity index (χ3v) is 6.58. The molecule has 2 aromatic carbocycles. The Morgan fingerprint density at radius 1 is 1.17 bits per heavy atom. The maximum absolute atomic E-state index is 13.6. The van der Waals surface area contributed by atoms with Gasteiger partial charge in [0, 0.05) is 28.9 Å². The number of aryl methyl sites for hydroxylation is 1. The van der Waals surface area contributed by atoms with E-state index >= 15 is 0 Å². The number of likely N-dealkylation sites (N-methyl/N-ethyl adjacent to an activating group) is 1. The lowest BCUT2D eigenvalue weighted by Gasteiger charge is -2.12. The molecule has 4 nitrogen and oxygen atoms in total. The van der Waals surface area contributed by atoms with Crippen LogP contribution < -0.4 is 10.1 Å². The number of hydrogen-bond acceptors (Lipinski definition) is 4. The van der Waals surface area contributed by atoms with Gasteiger partial charge in [-0.1, -0.05) is 31.9 Å². The number of nitrogens with one attached hydrogen (secondary N) is 1. The van der Waals surface area contributed by atoms with Crippen LogP contribution in [0.3, 0.4) is 0 Å². The second kappa shape index (κ2) is 11.2. The molecule has 0 amide bonds. The van der Waals surface area contributed by atoms with Crippen LogP contribution in [0.4, 0.5) is 0 Å². The van der Waals surface area contributed by atoms with Crippen LogP contribution in [-0.4, -0.2) is 25.5 Å². The maximum atomic E-state index is 13.6. The summed E-state index contributed by atoms with van der Waals surface area (Å²) in [4.78, 5) is 13.6. The molecule has 0 aliphatic rings. The number of ketones is 1. The molecule has 0 aliphatic heterocycles. The van der Waals surface area contributed by atoms with Gasteiger partial charge in [-0.2, -0.15) is 0 Å². The highest BCUT2D eigenvalue weighted by Crippen LogP contribution is 2.34. The van der Waals surface area contributed by atoms with Crippen molar-refractivity contribution in [3.05, 3.63) is 59.4 Å². The summed E-state index contributed by atoms with van der Waals surface area (Å²) in [6.07, 6.45) is 2.71. The van der Waals surface area contributed by atoms with Crippen LogP contribution in [0.2, 0.25) is 5.02 Å². The monoisotopic (exact) mass is 651 g/mol. The number of fused-ring (bicyclic) bond motifs is 1. The van der Waals surface area contributed by atoms with Gasteiger partial charge < -0.3 is 14.5 Å². The summed E-state index contributed by atoms with van der Waals surface area (Å²) in [5.74, 6) is 1.50. The number of carbonyl (C=O) groups excluding carboxylic acids is 1. The Morgan fingerprint density at radius 3 is 2.57 bits per heavy atom. The summed E-state index contributed by atoms with van der Waals surface area (Å²) >= 11 is 10.7. The number of carbonyl (C=O) groups is 1. The average molecular weight is 652 g/mol. The van der Waals surface area contributed by atoms with Crippen molar-refractivity contribution in [2.75, 3.05) is 19.7 Å². The molecule has 1 aromatic heterocycles. The normalized spacial score (nSPS) is 11.2. The van der Waals surface area contributed by atoms with Crippen LogP contribution >= 0.6 is 56.8 Å². The van der Waals surface area contributed by atoms with Crippen LogP contribution in [0.1, 0.15) is 48.4 Å². The zero-order chi connectivity index (χ0) is 21.7. The van der Waals surface area contributed by atoms with E-state index < -0.39 is 0 Å². The molecule has 0 unspecified atom stereocenters. The highest BCUT2D eigenvalue weighted by atomic mass is 127. The standard InChI is InChI=1S/C23H24ClI2NO3/c1-3-5-6-20-21(16-13-15(24)7-8-19(16)30-20)22(28)14-11-17(25)23(18(26)12-14)29-10-9-27-4-2/h7-8,11-13,27H,3-6,9-10H2,1-2H3. The highest BCUT2D eigenvalue weighted by Gasteiger charge is 2.23. The van der Waals surface area contributed by atoms with Gasteiger partial charge in [-0.25, -0.2) is 0 Å². The van der Waals surface area contributed by atoms with E-state index in [2.05, 4.69) is 64.3 Å².